The molecule has 0 atom stereocenters. The Morgan fingerprint density at radius 2 is 2.13 bits per heavy atom. The number of thiazole rings is 1. The van der Waals surface area contributed by atoms with Gasteiger partial charge in [0.25, 0.3) is 5.91 Å². The molecule has 1 aliphatic rings. The van der Waals surface area contributed by atoms with Crippen LogP contribution in [0.1, 0.15) is 32.4 Å². The molecule has 0 unspecified atom stereocenters. The van der Waals surface area contributed by atoms with E-state index < -0.39 is 0 Å². The van der Waals surface area contributed by atoms with E-state index in [4.69, 9.17) is 4.52 Å². The zero-order valence-electron chi connectivity index (χ0n) is 17.2. The van der Waals surface area contributed by atoms with Crippen molar-refractivity contribution in [2.75, 3.05) is 11.9 Å². The van der Waals surface area contributed by atoms with Gasteiger partial charge in [-0.25, -0.2) is 4.98 Å². The van der Waals surface area contributed by atoms with Crippen LogP contribution in [0.15, 0.2) is 41.1 Å². The Labute approximate surface area is 182 Å². The summed E-state index contributed by atoms with van der Waals surface area (Å²) in [6.07, 6.45) is 3.07. The zero-order valence-corrected chi connectivity index (χ0v) is 18.0. The van der Waals surface area contributed by atoms with Crippen LogP contribution in [0.25, 0.3) is 10.9 Å². The molecule has 31 heavy (non-hydrogen) atoms. The lowest BCUT2D eigenvalue weighted by Gasteiger charge is -2.26. The minimum absolute atomic E-state index is 0.0964. The second kappa shape index (κ2) is 7.66. The fraction of sp³-hybridized carbons (Fsp3) is 0.273. The Bertz CT molecular complexity index is 1300. The first-order valence-corrected chi connectivity index (χ1v) is 10.8. The van der Waals surface area contributed by atoms with Crippen molar-refractivity contribution < 1.29 is 14.1 Å². The summed E-state index contributed by atoms with van der Waals surface area (Å²) in [5.74, 6) is 0.315. The lowest BCUT2D eigenvalue weighted by atomic mass is 10.1. The van der Waals surface area contributed by atoms with Gasteiger partial charge in [0.1, 0.15) is 5.76 Å². The Morgan fingerprint density at radius 3 is 2.94 bits per heavy atom. The van der Waals surface area contributed by atoms with Crippen molar-refractivity contribution in [3.8, 4) is 0 Å². The van der Waals surface area contributed by atoms with Crippen LogP contribution in [0, 0.1) is 6.92 Å². The van der Waals surface area contributed by atoms with Crippen LogP contribution < -0.4 is 5.32 Å². The average Bonchev–Trinajstić information content (AvgIpc) is 3.45. The lowest BCUT2D eigenvalue weighted by Crippen LogP contribution is -2.36. The van der Waals surface area contributed by atoms with Crippen LogP contribution in [-0.2, 0) is 31.2 Å². The predicted molar refractivity (Wildman–Crippen MR) is 117 cm³/mol. The Morgan fingerprint density at radius 1 is 1.29 bits per heavy atom. The van der Waals surface area contributed by atoms with Crippen LogP contribution in [0.2, 0.25) is 0 Å². The number of carbonyl (C=O) groups is 2. The number of benzene rings is 1. The highest BCUT2D eigenvalue weighted by atomic mass is 32.1. The Hall–Kier alpha value is -3.46. The number of amides is 2. The topological polar surface area (TPSA) is 93.3 Å². The molecule has 0 aliphatic carbocycles. The van der Waals surface area contributed by atoms with Gasteiger partial charge in [-0.05, 0) is 18.6 Å². The highest BCUT2D eigenvalue weighted by molar-refractivity contribution is 7.15. The van der Waals surface area contributed by atoms with Gasteiger partial charge >= 0.3 is 0 Å². The van der Waals surface area contributed by atoms with Gasteiger partial charge in [0.15, 0.2) is 10.8 Å². The molecule has 9 heteroatoms. The van der Waals surface area contributed by atoms with Crippen molar-refractivity contribution in [1.29, 1.82) is 0 Å². The largest absolute Gasteiger partial charge is 0.361 e. The maximum Gasteiger partial charge on any atom is 0.279 e. The van der Waals surface area contributed by atoms with Gasteiger partial charge in [0.05, 0.1) is 18.7 Å². The number of aryl methyl sites for hydroxylation is 2. The fourth-order valence-corrected chi connectivity index (χ4v) is 4.96. The highest BCUT2D eigenvalue weighted by Gasteiger charge is 2.25. The maximum absolute atomic E-state index is 13.0. The van der Waals surface area contributed by atoms with E-state index >= 15 is 0 Å². The monoisotopic (exact) mass is 435 g/mol. The first kappa shape index (κ1) is 19.5. The molecule has 0 spiro atoms. The van der Waals surface area contributed by atoms with Gasteiger partial charge in [-0.1, -0.05) is 34.7 Å². The SMILES string of the molecule is Cc1cc(C(=O)Nc2nc3c(s2)CN(C(=O)Cc2cn(C)c4ccccc24)CC3)no1. The average molecular weight is 436 g/mol. The van der Waals surface area contributed by atoms with E-state index in [9.17, 15) is 9.59 Å². The maximum atomic E-state index is 13.0. The van der Waals surface area contributed by atoms with Crippen molar-refractivity contribution in [2.24, 2.45) is 7.05 Å². The number of para-hydroxylation sites is 1. The van der Waals surface area contributed by atoms with Crippen LogP contribution in [0.5, 0.6) is 0 Å². The number of aromatic nitrogens is 3. The molecule has 4 heterocycles. The molecule has 1 aliphatic heterocycles. The van der Waals surface area contributed by atoms with Crippen molar-refractivity contribution in [1.82, 2.24) is 19.6 Å². The van der Waals surface area contributed by atoms with Gasteiger partial charge in [-0.2, -0.15) is 0 Å². The summed E-state index contributed by atoms with van der Waals surface area (Å²) in [6.45, 7) is 2.86. The van der Waals surface area contributed by atoms with Crippen molar-refractivity contribution in [3.63, 3.8) is 0 Å². The van der Waals surface area contributed by atoms with Gasteiger partial charge < -0.3 is 14.0 Å². The number of carbonyl (C=O) groups excluding carboxylic acids is 2. The fourth-order valence-electron chi connectivity index (χ4n) is 3.94. The summed E-state index contributed by atoms with van der Waals surface area (Å²) in [7, 11) is 2.00. The van der Waals surface area contributed by atoms with Gasteiger partial charge in [0.2, 0.25) is 5.91 Å². The third kappa shape index (κ3) is 3.72. The first-order chi connectivity index (χ1) is 15.0. The summed E-state index contributed by atoms with van der Waals surface area (Å²) >= 11 is 1.40. The number of hydrogen-bond donors (Lipinski definition) is 1. The third-order valence-corrected chi connectivity index (χ3v) is 6.48. The molecule has 2 amide bonds. The second-order valence-electron chi connectivity index (χ2n) is 7.69. The molecule has 1 aromatic carbocycles. The van der Waals surface area contributed by atoms with Gasteiger partial charge in [-0.3, -0.25) is 14.9 Å². The minimum Gasteiger partial charge on any atom is -0.361 e. The Kier molecular flexibility index (Phi) is 4.82. The summed E-state index contributed by atoms with van der Waals surface area (Å²) in [5.41, 5.74) is 3.31. The van der Waals surface area contributed by atoms with Gasteiger partial charge in [0, 0.05) is 48.1 Å². The molecule has 5 rings (SSSR count). The number of nitrogens with one attached hydrogen (secondary N) is 1. The summed E-state index contributed by atoms with van der Waals surface area (Å²) < 4.78 is 7.00. The van der Waals surface area contributed by atoms with Crippen molar-refractivity contribution in [2.45, 2.75) is 26.3 Å². The quantitative estimate of drug-likeness (QED) is 0.531. The van der Waals surface area contributed by atoms with E-state index in [1.807, 2.05) is 30.3 Å². The molecular formula is C22H21N5O3S. The third-order valence-electron chi connectivity index (χ3n) is 5.49. The summed E-state index contributed by atoms with van der Waals surface area (Å²) in [4.78, 5) is 32.7. The molecule has 0 fully saturated rings. The second-order valence-corrected chi connectivity index (χ2v) is 8.77. The first-order valence-electron chi connectivity index (χ1n) is 10.0. The molecule has 4 aromatic rings. The normalized spacial score (nSPS) is 13.4. The number of anilines is 1. The predicted octanol–water partition coefficient (Wildman–Crippen LogP) is 3.31. The minimum atomic E-state index is -0.355. The van der Waals surface area contributed by atoms with Gasteiger partial charge in [-0.15, -0.1) is 0 Å². The van der Waals surface area contributed by atoms with E-state index in [2.05, 4.69) is 32.2 Å². The summed E-state index contributed by atoms with van der Waals surface area (Å²) in [6, 6.07) is 9.70. The number of rotatable bonds is 4. The highest BCUT2D eigenvalue weighted by Crippen LogP contribution is 2.29. The summed E-state index contributed by atoms with van der Waals surface area (Å²) in [5, 5.41) is 8.13. The molecule has 0 radical (unpaired) electrons. The molecule has 8 nitrogen and oxygen atoms in total. The zero-order chi connectivity index (χ0) is 21.5. The molecule has 0 bridgehead atoms. The molecule has 0 saturated carbocycles. The van der Waals surface area contributed by atoms with Crippen molar-refractivity contribution >= 4 is 39.2 Å². The van der Waals surface area contributed by atoms with E-state index in [1.165, 1.54) is 11.3 Å². The molecule has 3 aromatic heterocycles. The van der Waals surface area contributed by atoms with Crippen molar-refractivity contribution in [3.05, 3.63) is 64.1 Å². The molecule has 0 saturated heterocycles. The lowest BCUT2D eigenvalue weighted by molar-refractivity contribution is -0.131. The van der Waals surface area contributed by atoms with E-state index in [0.29, 0.717) is 36.8 Å². The van der Waals surface area contributed by atoms with Crippen LogP contribution in [0.4, 0.5) is 5.13 Å². The smallest absolute Gasteiger partial charge is 0.279 e. The molecule has 158 valence electrons. The standard InChI is InChI=1S/C22H21N5O3S/c1-13-9-17(25-30-13)21(29)24-22-23-16-7-8-27(12-19(16)31-22)20(28)10-14-11-26(2)18-6-4-3-5-15(14)18/h3-6,9,11H,7-8,10,12H2,1-2H3,(H,23,24,29). The van der Waals surface area contributed by atoms with Crippen LogP contribution in [-0.4, -0.2) is 38.0 Å². The van der Waals surface area contributed by atoms with Crippen LogP contribution in [0.3, 0.4) is 0 Å². The molecule has 1 N–H and O–H groups in total. The number of hydrogen-bond acceptors (Lipinski definition) is 6. The number of fused-ring (bicyclic) bond motifs is 2. The van der Waals surface area contributed by atoms with E-state index in [-0.39, 0.29) is 17.5 Å². The number of nitrogens with zero attached hydrogens (tertiary/aromatic N) is 4. The van der Waals surface area contributed by atoms with Crippen LogP contribution >= 0.6 is 11.3 Å². The van der Waals surface area contributed by atoms with E-state index in [1.54, 1.807) is 13.0 Å². The Balaban J connectivity index is 1.28. The molecular weight excluding hydrogens is 414 g/mol. The van der Waals surface area contributed by atoms with E-state index in [0.717, 1.165) is 27.0 Å².